The molecule has 0 saturated heterocycles. The molecule has 0 spiro atoms. The molecule has 0 amide bonds. The smallest absolute Gasteiger partial charge is 0.278 e. The minimum absolute atomic E-state index is 0.0438. The Hall–Kier alpha value is -3.97. The topological polar surface area (TPSA) is 123 Å². The van der Waals surface area contributed by atoms with Gasteiger partial charge in [0.05, 0.1) is 23.5 Å². The maximum atomic E-state index is 14.9. The number of nitriles is 1. The Morgan fingerprint density at radius 3 is 2.74 bits per heavy atom. The van der Waals surface area contributed by atoms with Crippen LogP contribution in [0.4, 0.5) is 16.0 Å². The second kappa shape index (κ2) is 9.49. The van der Waals surface area contributed by atoms with E-state index in [0.717, 1.165) is 11.1 Å². The second-order valence-electron chi connectivity index (χ2n) is 8.02. The Morgan fingerprint density at radius 1 is 1.24 bits per heavy atom. The molecule has 0 unspecified atom stereocenters. The zero-order valence-corrected chi connectivity index (χ0v) is 19.7. The van der Waals surface area contributed by atoms with E-state index in [0.29, 0.717) is 28.0 Å². The summed E-state index contributed by atoms with van der Waals surface area (Å²) in [7, 11) is 0. The first kappa shape index (κ1) is 23.2. The van der Waals surface area contributed by atoms with Crippen LogP contribution in [0.15, 0.2) is 47.4 Å². The summed E-state index contributed by atoms with van der Waals surface area (Å²) in [5, 5.41) is 9.31. The number of hydrogen-bond acceptors (Lipinski definition) is 8. The lowest BCUT2D eigenvalue weighted by Crippen LogP contribution is -2.26. The van der Waals surface area contributed by atoms with Crippen molar-refractivity contribution in [1.82, 2.24) is 19.5 Å². The fourth-order valence-electron chi connectivity index (χ4n) is 3.54. The molecule has 8 nitrogen and oxygen atoms in total. The van der Waals surface area contributed by atoms with Gasteiger partial charge in [-0.25, -0.2) is 14.4 Å². The summed E-state index contributed by atoms with van der Waals surface area (Å²) in [6.07, 6.45) is 1.45. The number of benzene rings is 2. The van der Waals surface area contributed by atoms with Gasteiger partial charge < -0.3 is 10.5 Å². The third kappa shape index (κ3) is 4.56. The number of nitrogens with two attached hydrogens (primary N) is 1. The zero-order chi connectivity index (χ0) is 24.4. The van der Waals surface area contributed by atoms with E-state index in [4.69, 9.17) is 5.73 Å². The van der Waals surface area contributed by atoms with Crippen LogP contribution in [0, 0.1) is 24.1 Å². The van der Waals surface area contributed by atoms with Gasteiger partial charge in [0, 0.05) is 17.4 Å². The molecule has 0 radical (unpaired) electrons. The van der Waals surface area contributed by atoms with Gasteiger partial charge in [0.2, 0.25) is 5.95 Å². The molecule has 0 atom stereocenters. The second-order valence-corrected chi connectivity index (χ2v) is 8.81. The van der Waals surface area contributed by atoms with E-state index in [9.17, 15) is 14.4 Å². The monoisotopic (exact) mass is 475 g/mol. The highest BCUT2D eigenvalue weighted by molar-refractivity contribution is 7.99. The molecule has 0 aliphatic rings. The Labute approximate surface area is 199 Å². The summed E-state index contributed by atoms with van der Waals surface area (Å²) in [4.78, 5) is 25.7. The third-order valence-electron chi connectivity index (χ3n) is 5.21. The molecule has 2 aromatic carbocycles. The molecule has 0 fully saturated rings. The summed E-state index contributed by atoms with van der Waals surface area (Å²) >= 11 is 1.27. The minimum Gasteiger partial charge on any atom is -0.368 e. The number of fused-ring (bicyclic) bond motifs is 1. The molecule has 4 rings (SSSR count). The maximum Gasteiger partial charge on any atom is 0.278 e. The van der Waals surface area contributed by atoms with Crippen LogP contribution in [0.3, 0.4) is 0 Å². The summed E-state index contributed by atoms with van der Waals surface area (Å²) in [6, 6.07) is 12.1. The lowest BCUT2D eigenvalue weighted by Gasteiger charge is -2.15. The van der Waals surface area contributed by atoms with E-state index in [1.54, 1.807) is 12.1 Å². The molecular formula is C24H22FN7OS. The SMILES string of the molecule is Cc1ccc(CSNc2ccc(-c3nc4cnc(N)nc4n(C(C)C)c3=O)cc2F)c(C#N)c1. The van der Waals surface area contributed by atoms with Crippen LogP contribution in [0.5, 0.6) is 0 Å². The van der Waals surface area contributed by atoms with Crippen molar-refractivity contribution in [3.63, 3.8) is 0 Å². The molecule has 0 aliphatic carbocycles. The van der Waals surface area contributed by atoms with E-state index >= 15 is 0 Å². The largest absolute Gasteiger partial charge is 0.368 e. The van der Waals surface area contributed by atoms with Crippen molar-refractivity contribution >= 4 is 34.7 Å². The molecule has 34 heavy (non-hydrogen) atoms. The summed E-state index contributed by atoms with van der Waals surface area (Å²) in [5.74, 6) is 0.00134. The number of rotatable bonds is 6. The summed E-state index contributed by atoms with van der Waals surface area (Å²) < 4.78 is 19.4. The van der Waals surface area contributed by atoms with Crippen LogP contribution in [0.25, 0.3) is 22.4 Å². The van der Waals surface area contributed by atoms with Crippen LogP contribution >= 0.6 is 11.9 Å². The summed E-state index contributed by atoms with van der Waals surface area (Å²) in [5.41, 5.74) is 9.20. The van der Waals surface area contributed by atoms with Gasteiger partial charge in [0.1, 0.15) is 17.0 Å². The van der Waals surface area contributed by atoms with Crippen molar-refractivity contribution in [2.24, 2.45) is 0 Å². The molecule has 0 bridgehead atoms. The first-order chi connectivity index (χ1) is 16.3. The highest BCUT2D eigenvalue weighted by Gasteiger charge is 2.18. The number of aryl methyl sites for hydroxylation is 1. The highest BCUT2D eigenvalue weighted by atomic mass is 32.2. The number of anilines is 2. The normalized spacial score (nSPS) is 11.1. The van der Waals surface area contributed by atoms with E-state index in [-0.39, 0.29) is 23.4 Å². The molecule has 2 aromatic heterocycles. The van der Waals surface area contributed by atoms with E-state index < -0.39 is 11.4 Å². The van der Waals surface area contributed by atoms with Gasteiger partial charge in [0.25, 0.3) is 5.56 Å². The lowest BCUT2D eigenvalue weighted by atomic mass is 10.1. The molecule has 3 N–H and O–H groups in total. The molecule has 172 valence electrons. The summed E-state index contributed by atoms with van der Waals surface area (Å²) in [6.45, 7) is 5.62. The third-order valence-corrected chi connectivity index (χ3v) is 6.02. The zero-order valence-electron chi connectivity index (χ0n) is 18.8. The fraction of sp³-hybridized carbons (Fsp3) is 0.208. The standard InChI is InChI=1S/C24H22FN7OS/c1-13(2)32-22-20(11-28-24(27)30-22)29-21(23(32)33)15-6-7-19(18(25)9-15)31-34-12-16-5-4-14(3)8-17(16)10-26/h4-9,11,13,31H,12H2,1-3H3,(H2,27,28,30). The number of nitrogen functional groups attached to an aromatic ring is 1. The number of hydrogen-bond donors (Lipinski definition) is 2. The fourth-order valence-corrected chi connectivity index (χ4v) is 4.34. The molecule has 10 heteroatoms. The minimum atomic E-state index is -0.527. The van der Waals surface area contributed by atoms with Crippen molar-refractivity contribution in [3.05, 3.63) is 75.5 Å². The Bertz CT molecular complexity index is 1490. The molecule has 2 heterocycles. The number of halogens is 1. The van der Waals surface area contributed by atoms with Crippen LogP contribution in [-0.4, -0.2) is 19.5 Å². The van der Waals surface area contributed by atoms with Gasteiger partial charge in [-0.3, -0.25) is 9.36 Å². The van der Waals surface area contributed by atoms with Crippen LogP contribution < -0.4 is 16.0 Å². The van der Waals surface area contributed by atoms with Crippen molar-refractivity contribution in [2.75, 3.05) is 10.5 Å². The molecule has 0 saturated carbocycles. The Kier molecular flexibility index (Phi) is 6.47. The van der Waals surface area contributed by atoms with Crippen LogP contribution in [-0.2, 0) is 5.75 Å². The average Bonchev–Trinajstić information content (AvgIpc) is 2.80. The van der Waals surface area contributed by atoms with Crippen molar-refractivity contribution in [2.45, 2.75) is 32.6 Å². The Morgan fingerprint density at radius 2 is 2.03 bits per heavy atom. The number of nitrogens with one attached hydrogen (secondary N) is 1. The van der Waals surface area contributed by atoms with E-state index in [1.165, 1.54) is 28.8 Å². The van der Waals surface area contributed by atoms with Crippen LogP contribution in [0.2, 0.25) is 0 Å². The predicted octanol–water partition coefficient (Wildman–Crippen LogP) is 4.60. The van der Waals surface area contributed by atoms with Gasteiger partial charge >= 0.3 is 0 Å². The maximum absolute atomic E-state index is 14.9. The molecule has 4 aromatic rings. The number of aromatic nitrogens is 4. The molecular weight excluding hydrogens is 453 g/mol. The first-order valence-corrected chi connectivity index (χ1v) is 11.5. The van der Waals surface area contributed by atoms with E-state index in [1.807, 2.05) is 39.0 Å². The quantitative estimate of drug-likeness (QED) is 0.388. The van der Waals surface area contributed by atoms with E-state index in [2.05, 4.69) is 25.7 Å². The van der Waals surface area contributed by atoms with Gasteiger partial charge in [0.15, 0.2) is 5.65 Å². The van der Waals surface area contributed by atoms with Gasteiger partial charge in [-0.05, 0) is 62.0 Å². The van der Waals surface area contributed by atoms with Gasteiger partial charge in [-0.1, -0.05) is 18.2 Å². The highest BCUT2D eigenvalue weighted by Crippen LogP contribution is 2.26. The molecule has 0 aliphatic heterocycles. The Balaban J connectivity index is 1.61. The number of nitrogens with zero attached hydrogens (tertiary/aromatic N) is 5. The lowest BCUT2D eigenvalue weighted by molar-refractivity contribution is 0.593. The van der Waals surface area contributed by atoms with Gasteiger partial charge in [-0.15, -0.1) is 0 Å². The van der Waals surface area contributed by atoms with Crippen LogP contribution in [0.1, 0.15) is 36.6 Å². The first-order valence-electron chi connectivity index (χ1n) is 10.5. The van der Waals surface area contributed by atoms with Crippen molar-refractivity contribution in [1.29, 1.82) is 5.26 Å². The average molecular weight is 476 g/mol. The predicted molar refractivity (Wildman–Crippen MR) is 133 cm³/mol. The van der Waals surface area contributed by atoms with Gasteiger partial charge in [-0.2, -0.15) is 10.2 Å². The van der Waals surface area contributed by atoms with Crippen molar-refractivity contribution in [3.8, 4) is 17.3 Å². The van der Waals surface area contributed by atoms with Crippen molar-refractivity contribution < 1.29 is 4.39 Å².